The van der Waals surface area contributed by atoms with Gasteiger partial charge in [0.15, 0.2) is 0 Å². The Kier molecular flexibility index (Phi) is 5.28. The van der Waals surface area contributed by atoms with Gasteiger partial charge >= 0.3 is 0 Å². The van der Waals surface area contributed by atoms with E-state index in [0.29, 0.717) is 28.6 Å². The average Bonchev–Trinajstić information content (AvgIpc) is 2.84. The normalized spacial score (nSPS) is 12.2. The number of carbonyl (C=O) groups excluding carboxylic acids is 1. The van der Waals surface area contributed by atoms with Crippen molar-refractivity contribution in [1.29, 1.82) is 0 Å². The number of benzene rings is 1. The van der Waals surface area contributed by atoms with E-state index in [-0.39, 0.29) is 5.91 Å². The predicted octanol–water partition coefficient (Wildman–Crippen LogP) is 3.19. The highest BCUT2D eigenvalue weighted by atomic mass is 35.5. The lowest BCUT2D eigenvalue weighted by molar-refractivity contribution is 0.0941. The number of aliphatic hydroxyl groups is 1. The van der Waals surface area contributed by atoms with Crippen molar-refractivity contribution in [2.75, 3.05) is 6.54 Å². The van der Waals surface area contributed by atoms with Gasteiger partial charge in [0.25, 0.3) is 5.91 Å². The molecular weight excluding hydrogens is 311 g/mol. The van der Waals surface area contributed by atoms with Crippen molar-refractivity contribution in [1.82, 2.24) is 9.88 Å². The fourth-order valence-corrected chi connectivity index (χ4v) is 2.55. The highest BCUT2D eigenvalue weighted by molar-refractivity contribution is 6.36. The van der Waals surface area contributed by atoms with Gasteiger partial charge in [0, 0.05) is 30.5 Å². The second-order valence-electron chi connectivity index (χ2n) is 4.73. The number of aliphatic hydroxyl groups excluding tert-OH is 1. The maximum Gasteiger partial charge on any atom is 0.252 e. The summed E-state index contributed by atoms with van der Waals surface area (Å²) in [5.74, 6) is -0.282. The number of rotatable bonds is 5. The first-order valence-electron chi connectivity index (χ1n) is 6.51. The molecule has 0 aliphatic heterocycles. The Hall–Kier alpha value is -1.49. The predicted molar refractivity (Wildman–Crippen MR) is 83.8 cm³/mol. The number of aromatic nitrogens is 1. The van der Waals surface area contributed by atoms with Crippen LogP contribution in [-0.4, -0.2) is 22.1 Å². The molecule has 2 rings (SSSR count). The molecule has 112 valence electrons. The number of hydrogen-bond acceptors (Lipinski definition) is 2. The molecular formula is C15H16Cl2N2O2. The van der Waals surface area contributed by atoms with Crippen LogP contribution in [0.2, 0.25) is 10.0 Å². The summed E-state index contributed by atoms with van der Waals surface area (Å²) in [6.07, 6.45) is 1.67. The van der Waals surface area contributed by atoms with E-state index in [1.807, 2.05) is 29.9 Å². The summed E-state index contributed by atoms with van der Waals surface area (Å²) in [6, 6.07) is 8.43. The third-order valence-corrected chi connectivity index (χ3v) is 3.75. The van der Waals surface area contributed by atoms with Gasteiger partial charge in [-0.25, -0.2) is 0 Å². The molecule has 1 amide bonds. The fourth-order valence-electron chi connectivity index (χ4n) is 2.06. The van der Waals surface area contributed by atoms with Gasteiger partial charge in [-0.1, -0.05) is 23.2 Å². The molecule has 1 unspecified atom stereocenters. The molecule has 21 heavy (non-hydrogen) atoms. The van der Waals surface area contributed by atoms with Crippen LogP contribution in [0.4, 0.5) is 0 Å². The molecule has 0 saturated carbocycles. The molecule has 0 spiro atoms. The molecule has 0 fully saturated rings. The molecule has 1 aromatic heterocycles. The molecule has 2 N–H and O–H groups in total. The van der Waals surface area contributed by atoms with E-state index in [1.54, 1.807) is 12.1 Å². The van der Waals surface area contributed by atoms with E-state index in [1.165, 1.54) is 6.07 Å². The monoisotopic (exact) mass is 326 g/mol. The summed E-state index contributed by atoms with van der Waals surface area (Å²) in [5.41, 5.74) is 1.18. The standard InChI is InChI=1S/C15H16Cl2N2O2/c1-19-8-2-3-13(19)14(20)6-7-18-15(21)11-5-4-10(16)9-12(11)17/h2-5,8-9,14,20H,6-7H2,1H3,(H,18,21). The van der Waals surface area contributed by atoms with Gasteiger partial charge in [0.2, 0.25) is 0 Å². The number of amides is 1. The summed E-state index contributed by atoms with van der Waals surface area (Å²) in [4.78, 5) is 12.0. The second kappa shape index (κ2) is 6.98. The van der Waals surface area contributed by atoms with Crippen LogP contribution in [0.1, 0.15) is 28.6 Å². The fraction of sp³-hybridized carbons (Fsp3) is 0.267. The van der Waals surface area contributed by atoms with Gasteiger partial charge in [-0.2, -0.15) is 0 Å². The van der Waals surface area contributed by atoms with Crippen LogP contribution in [0.3, 0.4) is 0 Å². The number of nitrogens with one attached hydrogen (secondary N) is 1. The Bertz CT molecular complexity index is 640. The molecule has 0 saturated heterocycles. The summed E-state index contributed by atoms with van der Waals surface area (Å²) < 4.78 is 1.85. The van der Waals surface area contributed by atoms with Gasteiger partial charge in [0.05, 0.1) is 16.7 Å². The Morgan fingerprint density at radius 3 is 2.76 bits per heavy atom. The van der Waals surface area contributed by atoms with Gasteiger partial charge in [0.1, 0.15) is 0 Å². The molecule has 4 nitrogen and oxygen atoms in total. The maximum absolute atomic E-state index is 12.0. The van der Waals surface area contributed by atoms with Crippen LogP contribution in [0.5, 0.6) is 0 Å². The van der Waals surface area contributed by atoms with E-state index < -0.39 is 6.10 Å². The number of aryl methyl sites for hydroxylation is 1. The summed E-state index contributed by atoms with van der Waals surface area (Å²) >= 11 is 11.8. The zero-order valence-electron chi connectivity index (χ0n) is 11.5. The lowest BCUT2D eigenvalue weighted by Crippen LogP contribution is -2.26. The molecule has 1 atom stereocenters. The Balaban J connectivity index is 1.88. The minimum atomic E-state index is -0.619. The molecule has 0 radical (unpaired) electrons. The van der Waals surface area contributed by atoms with Crippen molar-refractivity contribution in [3.05, 3.63) is 57.8 Å². The van der Waals surface area contributed by atoms with Crippen LogP contribution >= 0.6 is 23.2 Å². The summed E-state index contributed by atoms with van der Waals surface area (Å²) in [6.45, 7) is 0.351. The average molecular weight is 327 g/mol. The van der Waals surface area contributed by atoms with Gasteiger partial charge in [-0.3, -0.25) is 4.79 Å². The van der Waals surface area contributed by atoms with Crippen molar-refractivity contribution in [3.8, 4) is 0 Å². The van der Waals surface area contributed by atoms with Crippen LogP contribution < -0.4 is 5.32 Å². The van der Waals surface area contributed by atoms with Gasteiger partial charge in [-0.05, 0) is 36.8 Å². The third-order valence-electron chi connectivity index (χ3n) is 3.20. The van der Waals surface area contributed by atoms with E-state index in [4.69, 9.17) is 23.2 Å². The smallest absolute Gasteiger partial charge is 0.252 e. The van der Waals surface area contributed by atoms with Crippen molar-refractivity contribution < 1.29 is 9.90 Å². The minimum absolute atomic E-state index is 0.282. The van der Waals surface area contributed by atoms with Crippen molar-refractivity contribution >= 4 is 29.1 Å². The highest BCUT2D eigenvalue weighted by Gasteiger charge is 2.13. The molecule has 6 heteroatoms. The largest absolute Gasteiger partial charge is 0.387 e. The molecule has 0 bridgehead atoms. The molecule has 1 aromatic carbocycles. The van der Waals surface area contributed by atoms with E-state index >= 15 is 0 Å². The quantitative estimate of drug-likeness (QED) is 0.886. The maximum atomic E-state index is 12.0. The zero-order chi connectivity index (χ0) is 15.4. The van der Waals surface area contributed by atoms with Crippen LogP contribution in [0, 0.1) is 0 Å². The zero-order valence-corrected chi connectivity index (χ0v) is 13.0. The summed E-state index contributed by atoms with van der Waals surface area (Å²) in [7, 11) is 1.87. The number of hydrogen-bond donors (Lipinski definition) is 2. The number of carbonyl (C=O) groups is 1. The molecule has 0 aliphatic carbocycles. The lowest BCUT2D eigenvalue weighted by Gasteiger charge is -2.13. The van der Waals surface area contributed by atoms with Crippen LogP contribution in [0.15, 0.2) is 36.5 Å². The summed E-state index contributed by atoms with van der Waals surface area (Å²) in [5, 5.41) is 13.6. The van der Waals surface area contributed by atoms with E-state index in [0.717, 1.165) is 5.69 Å². The molecule has 1 heterocycles. The van der Waals surface area contributed by atoms with Crippen molar-refractivity contribution in [2.24, 2.45) is 7.05 Å². The lowest BCUT2D eigenvalue weighted by atomic mass is 10.1. The molecule has 0 aliphatic rings. The van der Waals surface area contributed by atoms with Crippen LogP contribution in [0.25, 0.3) is 0 Å². The van der Waals surface area contributed by atoms with Gasteiger partial charge in [-0.15, -0.1) is 0 Å². The Morgan fingerprint density at radius 2 is 2.14 bits per heavy atom. The Morgan fingerprint density at radius 1 is 1.38 bits per heavy atom. The SMILES string of the molecule is Cn1cccc1C(O)CCNC(=O)c1ccc(Cl)cc1Cl. The van der Waals surface area contributed by atoms with E-state index in [9.17, 15) is 9.90 Å². The third kappa shape index (κ3) is 4.00. The minimum Gasteiger partial charge on any atom is -0.387 e. The molecule has 2 aromatic rings. The van der Waals surface area contributed by atoms with E-state index in [2.05, 4.69) is 5.32 Å². The number of nitrogens with zero attached hydrogens (tertiary/aromatic N) is 1. The Labute approximate surface area is 133 Å². The first-order chi connectivity index (χ1) is 9.99. The highest BCUT2D eigenvalue weighted by Crippen LogP contribution is 2.21. The van der Waals surface area contributed by atoms with Crippen molar-refractivity contribution in [2.45, 2.75) is 12.5 Å². The topological polar surface area (TPSA) is 54.3 Å². The second-order valence-corrected chi connectivity index (χ2v) is 5.57. The van der Waals surface area contributed by atoms with Crippen LogP contribution in [-0.2, 0) is 7.05 Å². The number of halogens is 2. The van der Waals surface area contributed by atoms with Gasteiger partial charge < -0.3 is 15.0 Å². The first-order valence-corrected chi connectivity index (χ1v) is 7.27. The van der Waals surface area contributed by atoms with Crippen molar-refractivity contribution in [3.63, 3.8) is 0 Å². The first kappa shape index (κ1) is 15.9.